The number of hydrogen-bond acceptors (Lipinski definition) is 6. The van der Waals surface area contributed by atoms with Gasteiger partial charge in [-0.25, -0.2) is 9.78 Å². The maximum atomic E-state index is 13.2. The Morgan fingerprint density at radius 1 is 0.952 bits per heavy atom. The van der Waals surface area contributed by atoms with Crippen molar-refractivity contribution < 1.29 is 19.2 Å². The zero-order valence-electron chi connectivity index (χ0n) is 24.9. The number of carbonyl (C=O) groups is 2. The summed E-state index contributed by atoms with van der Waals surface area (Å²) in [7, 11) is 0. The number of para-hydroxylation sites is 2. The van der Waals surface area contributed by atoms with Crippen molar-refractivity contribution in [3.63, 3.8) is 0 Å². The highest BCUT2D eigenvalue weighted by Gasteiger charge is 2.59. The van der Waals surface area contributed by atoms with Gasteiger partial charge in [0.2, 0.25) is 0 Å². The second-order valence-electron chi connectivity index (χ2n) is 13.5. The number of esters is 1. The average molecular weight is 565 g/mol. The predicted octanol–water partition coefficient (Wildman–Crippen LogP) is 8.19. The number of oxime groups is 1. The summed E-state index contributed by atoms with van der Waals surface area (Å²) in [5.74, 6) is 1.39. The number of fused-ring (bicyclic) bond motifs is 7. The molecule has 0 aliphatic heterocycles. The minimum atomic E-state index is -0.475. The summed E-state index contributed by atoms with van der Waals surface area (Å²) in [6.45, 7) is 6.72. The minimum Gasteiger partial charge on any atom is -0.462 e. The number of allylic oxidation sites excluding steroid dienone is 2. The van der Waals surface area contributed by atoms with Gasteiger partial charge in [0, 0.05) is 22.6 Å². The molecule has 42 heavy (non-hydrogen) atoms. The van der Waals surface area contributed by atoms with Crippen molar-refractivity contribution >= 4 is 39.5 Å². The molecule has 6 atom stereocenters. The normalized spacial score (nSPS) is 33.0. The SMILES string of the molecule is CCC(=O)O[C@H]1CC[C@H]2[C@@H]3CCC4=CC(=NOC(=O)c5cccc6cc7ccccc7nc56)CC[C@]4(C)[C@H]3CC[C@]12C. The zero-order chi connectivity index (χ0) is 29.1. The standard InChI is InChI=1S/C36H40N2O4/c1-4-32(39)41-31-15-14-28-26-13-12-24-21-25(16-18-35(24,2)29(26)17-19-36(28,31)3)38-42-34(40)27-10-7-9-23-20-22-8-5-6-11-30(22)37-33(23)27/h5-11,20-21,26,28-29,31H,4,12-19H2,1-3H3/t26-,28-,29-,31-,35-,36-/m0/s1. The van der Waals surface area contributed by atoms with Gasteiger partial charge >= 0.3 is 11.9 Å². The van der Waals surface area contributed by atoms with Crippen LogP contribution >= 0.6 is 0 Å². The van der Waals surface area contributed by atoms with Crippen LogP contribution in [-0.2, 0) is 14.4 Å². The first-order valence-corrected chi connectivity index (χ1v) is 15.8. The van der Waals surface area contributed by atoms with E-state index in [4.69, 9.17) is 14.6 Å². The third kappa shape index (κ3) is 4.37. The third-order valence-corrected chi connectivity index (χ3v) is 11.5. The van der Waals surface area contributed by atoms with E-state index in [1.54, 1.807) is 6.07 Å². The van der Waals surface area contributed by atoms with E-state index in [1.165, 1.54) is 18.4 Å². The van der Waals surface area contributed by atoms with Crippen molar-refractivity contribution in [1.82, 2.24) is 4.98 Å². The van der Waals surface area contributed by atoms with Gasteiger partial charge in [-0.15, -0.1) is 0 Å². The van der Waals surface area contributed by atoms with Crippen molar-refractivity contribution in [3.05, 3.63) is 65.7 Å². The van der Waals surface area contributed by atoms with E-state index < -0.39 is 5.97 Å². The zero-order valence-corrected chi connectivity index (χ0v) is 24.9. The van der Waals surface area contributed by atoms with Gasteiger partial charge < -0.3 is 9.57 Å². The smallest absolute Gasteiger partial charge is 0.367 e. The molecule has 6 heteroatoms. The van der Waals surface area contributed by atoms with Crippen LogP contribution in [0.1, 0.15) is 88.9 Å². The Balaban J connectivity index is 1.09. The summed E-state index contributed by atoms with van der Waals surface area (Å²) in [5.41, 5.74) is 4.47. The summed E-state index contributed by atoms with van der Waals surface area (Å²) in [6.07, 6.45) is 11.2. The number of ether oxygens (including phenoxy) is 1. The molecular weight excluding hydrogens is 524 g/mol. The molecule has 0 unspecified atom stereocenters. The first-order valence-electron chi connectivity index (χ1n) is 15.8. The Morgan fingerprint density at radius 3 is 2.64 bits per heavy atom. The van der Waals surface area contributed by atoms with Crippen LogP contribution in [0.15, 0.2) is 65.3 Å². The second-order valence-corrected chi connectivity index (χ2v) is 13.5. The number of nitrogens with zero attached hydrogens (tertiary/aromatic N) is 2. The van der Waals surface area contributed by atoms with E-state index in [-0.39, 0.29) is 22.9 Å². The molecule has 3 aromatic rings. The average Bonchev–Trinajstić information content (AvgIpc) is 3.34. The molecule has 0 N–H and O–H groups in total. The number of benzene rings is 2. The lowest BCUT2D eigenvalue weighted by Gasteiger charge is -2.58. The van der Waals surface area contributed by atoms with E-state index in [0.717, 1.165) is 60.5 Å². The molecule has 1 aromatic heterocycles. The lowest BCUT2D eigenvalue weighted by molar-refractivity contribution is -0.159. The molecule has 3 fully saturated rings. The Bertz CT molecular complexity index is 1640. The lowest BCUT2D eigenvalue weighted by atomic mass is 9.47. The highest BCUT2D eigenvalue weighted by Crippen LogP contribution is 2.65. The molecule has 1 heterocycles. The van der Waals surface area contributed by atoms with Crippen LogP contribution < -0.4 is 0 Å². The summed E-state index contributed by atoms with van der Waals surface area (Å²) < 4.78 is 5.97. The Labute approximate surface area is 247 Å². The Hall–Kier alpha value is -3.54. The molecule has 2 aromatic carbocycles. The second kappa shape index (κ2) is 10.3. The molecule has 4 aliphatic rings. The molecule has 3 saturated carbocycles. The van der Waals surface area contributed by atoms with Crippen molar-refractivity contribution in [2.24, 2.45) is 33.7 Å². The number of rotatable bonds is 4. The van der Waals surface area contributed by atoms with E-state index in [2.05, 4.69) is 31.1 Å². The fourth-order valence-corrected chi connectivity index (χ4v) is 9.15. The van der Waals surface area contributed by atoms with E-state index in [0.29, 0.717) is 35.3 Å². The number of hydrogen-bond donors (Lipinski definition) is 0. The quantitative estimate of drug-likeness (QED) is 0.138. The molecule has 6 nitrogen and oxygen atoms in total. The van der Waals surface area contributed by atoms with Gasteiger partial charge in [0.1, 0.15) is 6.10 Å². The Kier molecular flexibility index (Phi) is 6.71. The van der Waals surface area contributed by atoms with Crippen LogP contribution in [0.5, 0.6) is 0 Å². The number of aromatic nitrogens is 1. The van der Waals surface area contributed by atoms with Gasteiger partial charge in [0.25, 0.3) is 0 Å². The first-order chi connectivity index (χ1) is 20.3. The third-order valence-electron chi connectivity index (χ3n) is 11.5. The van der Waals surface area contributed by atoms with Gasteiger partial charge in [-0.3, -0.25) is 4.79 Å². The van der Waals surface area contributed by atoms with Crippen LogP contribution in [0.4, 0.5) is 0 Å². The highest BCUT2D eigenvalue weighted by atomic mass is 16.7. The van der Waals surface area contributed by atoms with Gasteiger partial charge in [0.05, 0.1) is 22.3 Å². The monoisotopic (exact) mass is 564 g/mol. The molecule has 0 amide bonds. The van der Waals surface area contributed by atoms with E-state index in [1.807, 2.05) is 43.3 Å². The fourth-order valence-electron chi connectivity index (χ4n) is 9.15. The summed E-state index contributed by atoms with van der Waals surface area (Å²) in [6, 6.07) is 15.6. The minimum absolute atomic E-state index is 0.0603. The highest BCUT2D eigenvalue weighted by molar-refractivity contribution is 6.06. The largest absolute Gasteiger partial charge is 0.462 e. The topological polar surface area (TPSA) is 77.9 Å². The van der Waals surface area contributed by atoms with Gasteiger partial charge in [-0.05, 0) is 98.8 Å². The molecule has 7 rings (SSSR count). The Morgan fingerprint density at radius 2 is 1.79 bits per heavy atom. The van der Waals surface area contributed by atoms with Gasteiger partial charge in [-0.2, -0.15) is 0 Å². The van der Waals surface area contributed by atoms with Crippen molar-refractivity contribution in [2.75, 3.05) is 0 Å². The van der Waals surface area contributed by atoms with Crippen molar-refractivity contribution in [1.29, 1.82) is 0 Å². The van der Waals surface area contributed by atoms with E-state index in [9.17, 15) is 9.59 Å². The molecule has 0 radical (unpaired) electrons. The number of pyridine rings is 1. The van der Waals surface area contributed by atoms with Crippen LogP contribution in [-0.4, -0.2) is 28.7 Å². The summed E-state index contributed by atoms with van der Waals surface area (Å²) >= 11 is 0. The lowest BCUT2D eigenvalue weighted by Crippen LogP contribution is -2.51. The van der Waals surface area contributed by atoms with Crippen LogP contribution in [0.2, 0.25) is 0 Å². The summed E-state index contributed by atoms with van der Waals surface area (Å²) in [5, 5.41) is 6.32. The molecule has 0 bridgehead atoms. The van der Waals surface area contributed by atoms with E-state index >= 15 is 0 Å². The molecule has 4 aliphatic carbocycles. The van der Waals surface area contributed by atoms with Crippen molar-refractivity contribution in [3.8, 4) is 0 Å². The first kappa shape index (κ1) is 27.3. The van der Waals surface area contributed by atoms with Crippen molar-refractivity contribution in [2.45, 2.75) is 84.7 Å². The molecule has 0 spiro atoms. The molecule has 218 valence electrons. The molecular formula is C36H40N2O4. The van der Waals surface area contributed by atoms with Crippen LogP contribution in [0, 0.1) is 28.6 Å². The number of carbonyl (C=O) groups excluding carboxylic acids is 2. The predicted molar refractivity (Wildman–Crippen MR) is 164 cm³/mol. The van der Waals surface area contributed by atoms with Gasteiger partial charge in [0.15, 0.2) is 0 Å². The van der Waals surface area contributed by atoms with Crippen LogP contribution in [0.25, 0.3) is 21.8 Å². The van der Waals surface area contributed by atoms with Gasteiger partial charge in [-0.1, -0.05) is 61.8 Å². The summed E-state index contributed by atoms with van der Waals surface area (Å²) in [4.78, 5) is 35.7. The maximum Gasteiger partial charge on any atom is 0.367 e. The molecule has 0 saturated heterocycles. The fraction of sp³-hybridized carbons (Fsp3) is 0.500. The van der Waals surface area contributed by atoms with Crippen LogP contribution in [0.3, 0.4) is 0 Å². The maximum absolute atomic E-state index is 13.2.